The summed E-state index contributed by atoms with van der Waals surface area (Å²) in [5, 5.41) is 0. The molecule has 2 aromatic carbocycles. The van der Waals surface area contributed by atoms with E-state index in [-0.39, 0.29) is 0 Å². The molecule has 1 atom stereocenters. The van der Waals surface area contributed by atoms with Gasteiger partial charge in [-0.3, -0.25) is 0 Å². The summed E-state index contributed by atoms with van der Waals surface area (Å²) in [4.78, 5) is 0. The maximum absolute atomic E-state index is 13.9. The fourth-order valence-electron chi connectivity index (χ4n) is 4.69. The topological polar surface area (TPSA) is 0 Å². The van der Waals surface area contributed by atoms with E-state index < -0.39 is 17.6 Å². The maximum Gasteiger partial charge on any atom is 0.419 e. The second-order valence-electron chi connectivity index (χ2n) is 9.41. The van der Waals surface area contributed by atoms with Gasteiger partial charge in [-0.2, -0.15) is 13.2 Å². The molecule has 170 valence electrons. The van der Waals surface area contributed by atoms with Crippen LogP contribution in [-0.2, 0) is 12.6 Å². The second kappa shape index (κ2) is 10.7. The minimum Gasteiger partial charge on any atom is -0.206 e. The Bertz CT molecular complexity index is 814. The molecule has 3 rings (SSSR count). The summed E-state index contributed by atoms with van der Waals surface area (Å²) in [6.07, 6.45) is 6.94. The molecule has 4 heteroatoms. The first-order valence-electron chi connectivity index (χ1n) is 11.7. The zero-order valence-corrected chi connectivity index (χ0v) is 18.6. The van der Waals surface area contributed by atoms with Gasteiger partial charge in [0.1, 0.15) is 5.82 Å². The van der Waals surface area contributed by atoms with Crippen LogP contribution in [0.4, 0.5) is 17.6 Å². The number of rotatable bonds is 8. The van der Waals surface area contributed by atoms with Crippen molar-refractivity contribution in [3.8, 4) is 11.1 Å². The number of alkyl halides is 3. The molecule has 1 fully saturated rings. The average Bonchev–Trinajstić information content (AvgIpc) is 2.76. The normalized spacial score (nSPS) is 20.6. The molecular formula is C27H34F4. The van der Waals surface area contributed by atoms with Crippen LogP contribution in [0.3, 0.4) is 0 Å². The van der Waals surface area contributed by atoms with Crippen LogP contribution >= 0.6 is 0 Å². The van der Waals surface area contributed by atoms with Crippen molar-refractivity contribution in [3.05, 3.63) is 59.4 Å². The van der Waals surface area contributed by atoms with Crippen molar-refractivity contribution in [2.24, 2.45) is 17.8 Å². The summed E-state index contributed by atoms with van der Waals surface area (Å²) in [6, 6.07) is 10.9. The molecule has 0 saturated heterocycles. The van der Waals surface area contributed by atoms with Gasteiger partial charge in [0.15, 0.2) is 0 Å². The van der Waals surface area contributed by atoms with Gasteiger partial charge >= 0.3 is 6.18 Å². The largest absolute Gasteiger partial charge is 0.419 e. The van der Waals surface area contributed by atoms with Crippen molar-refractivity contribution in [2.75, 3.05) is 0 Å². The van der Waals surface area contributed by atoms with E-state index in [1.165, 1.54) is 63.0 Å². The predicted octanol–water partition coefficient (Wildman–Crippen LogP) is 9.08. The molecule has 1 aliphatic carbocycles. The van der Waals surface area contributed by atoms with Crippen molar-refractivity contribution >= 4 is 0 Å². The number of benzene rings is 2. The minimum absolute atomic E-state index is 0.466. The van der Waals surface area contributed by atoms with E-state index in [1.54, 1.807) is 0 Å². The summed E-state index contributed by atoms with van der Waals surface area (Å²) in [5.74, 6) is 1.32. The van der Waals surface area contributed by atoms with Gasteiger partial charge in [0.2, 0.25) is 0 Å². The summed E-state index contributed by atoms with van der Waals surface area (Å²) < 4.78 is 52.1. The number of hydrogen-bond acceptors (Lipinski definition) is 0. The smallest absolute Gasteiger partial charge is 0.206 e. The lowest BCUT2D eigenvalue weighted by molar-refractivity contribution is -0.139. The van der Waals surface area contributed by atoms with Gasteiger partial charge in [-0.05, 0) is 59.4 Å². The Balaban J connectivity index is 1.48. The highest BCUT2D eigenvalue weighted by Gasteiger charge is 2.33. The molecule has 1 aliphatic rings. The third-order valence-corrected chi connectivity index (χ3v) is 7.13. The van der Waals surface area contributed by atoms with E-state index >= 15 is 0 Å². The summed E-state index contributed by atoms with van der Waals surface area (Å²) in [5.41, 5.74) is 1.21. The fourth-order valence-corrected chi connectivity index (χ4v) is 4.69. The first-order chi connectivity index (χ1) is 14.8. The molecular weight excluding hydrogens is 400 g/mol. The van der Waals surface area contributed by atoms with Gasteiger partial charge in [-0.15, -0.1) is 0 Å². The zero-order chi connectivity index (χ0) is 22.4. The molecule has 1 saturated carbocycles. The summed E-state index contributed by atoms with van der Waals surface area (Å²) in [6.45, 7) is 4.63. The van der Waals surface area contributed by atoms with Gasteiger partial charge in [0.25, 0.3) is 0 Å². The third kappa shape index (κ3) is 6.82. The van der Waals surface area contributed by atoms with Crippen molar-refractivity contribution in [2.45, 2.75) is 77.8 Å². The van der Waals surface area contributed by atoms with Crippen LogP contribution in [0.2, 0.25) is 0 Å². The van der Waals surface area contributed by atoms with Gasteiger partial charge in [0.05, 0.1) is 5.56 Å². The molecule has 0 nitrogen and oxygen atoms in total. The molecule has 0 bridgehead atoms. The van der Waals surface area contributed by atoms with Gasteiger partial charge in [-0.25, -0.2) is 4.39 Å². The minimum atomic E-state index is -4.67. The standard InChI is InChI=1S/C27H34F4/c1-3-19(2)4-5-20-6-8-21(9-7-20)10-11-22-12-14-23(15-13-22)24-16-17-25(26(28)18-24)27(29,30)31/h12-21H,3-11H2,1-2H3. The Labute approximate surface area is 184 Å². The third-order valence-electron chi connectivity index (χ3n) is 7.13. The van der Waals surface area contributed by atoms with E-state index in [4.69, 9.17) is 0 Å². The Hall–Kier alpha value is -1.84. The van der Waals surface area contributed by atoms with Crippen molar-refractivity contribution in [1.29, 1.82) is 0 Å². The Morgan fingerprint density at radius 2 is 1.45 bits per heavy atom. The zero-order valence-electron chi connectivity index (χ0n) is 18.6. The SMILES string of the molecule is CCC(C)CCC1CCC(CCc2ccc(-c3ccc(C(F)(F)F)c(F)c3)cc2)CC1. The number of aryl methyl sites for hydroxylation is 1. The highest BCUT2D eigenvalue weighted by Crippen LogP contribution is 2.36. The lowest BCUT2D eigenvalue weighted by atomic mass is 9.77. The van der Waals surface area contributed by atoms with Crippen molar-refractivity contribution in [3.63, 3.8) is 0 Å². The van der Waals surface area contributed by atoms with Crippen molar-refractivity contribution in [1.82, 2.24) is 0 Å². The van der Waals surface area contributed by atoms with Crippen LogP contribution in [-0.4, -0.2) is 0 Å². The quantitative estimate of drug-likeness (QED) is 0.363. The molecule has 0 spiro atoms. The second-order valence-corrected chi connectivity index (χ2v) is 9.41. The van der Waals surface area contributed by atoms with Crippen molar-refractivity contribution < 1.29 is 17.6 Å². The fraction of sp³-hybridized carbons (Fsp3) is 0.556. The monoisotopic (exact) mass is 434 g/mol. The first kappa shape index (κ1) is 23.8. The molecule has 0 aliphatic heterocycles. The highest BCUT2D eigenvalue weighted by atomic mass is 19.4. The highest BCUT2D eigenvalue weighted by molar-refractivity contribution is 5.64. The van der Waals surface area contributed by atoms with Crippen LogP contribution in [0.25, 0.3) is 11.1 Å². The number of halogens is 4. The Kier molecular flexibility index (Phi) is 8.18. The van der Waals surface area contributed by atoms with Gasteiger partial charge in [0, 0.05) is 0 Å². The first-order valence-corrected chi connectivity index (χ1v) is 11.7. The van der Waals surface area contributed by atoms with E-state index in [0.29, 0.717) is 5.56 Å². The van der Waals surface area contributed by atoms with E-state index in [0.717, 1.165) is 41.9 Å². The van der Waals surface area contributed by atoms with Gasteiger partial charge < -0.3 is 0 Å². The molecule has 31 heavy (non-hydrogen) atoms. The lowest BCUT2D eigenvalue weighted by Gasteiger charge is -2.29. The molecule has 0 N–H and O–H groups in total. The summed E-state index contributed by atoms with van der Waals surface area (Å²) >= 11 is 0. The maximum atomic E-state index is 13.9. The average molecular weight is 435 g/mol. The summed E-state index contributed by atoms with van der Waals surface area (Å²) in [7, 11) is 0. The van der Waals surface area contributed by atoms with E-state index in [9.17, 15) is 17.6 Å². The lowest BCUT2D eigenvalue weighted by Crippen LogP contribution is -2.15. The molecule has 0 heterocycles. The van der Waals surface area contributed by atoms with Gasteiger partial charge in [-0.1, -0.05) is 89.1 Å². The molecule has 1 unspecified atom stereocenters. The molecule has 2 aromatic rings. The van der Waals surface area contributed by atoms with E-state index in [2.05, 4.69) is 13.8 Å². The van der Waals surface area contributed by atoms with Crippen LogP contribution in [0, 0.1) is 23.6 Å². The van der Waals surface area contributed by atoms with Crippen LogP contribution in [0.1, 0.15) is 76.3 Å². The van der Waals surface area contributed by atoms with E-state index in [1.807, 2.05) is 24.3 Å². The Morgan fingerprint density at radius 3 is 2.00 bits per heavy atom. The molecule has 0 aromatic heterocycles. The predicted molar refractivity (Wildman–Crippen MR) is 119 cm³/mol. The molecule has 0 radical (unpaired) electrons. The van der Waals surface area contributed by atoms with Crippen LogP contribution < -0.4 is 0 Å². The Morgan fingerprint density at radius 1 is 0.871 bits per heavy atom. The van der Waals surface area contributed by atoms with Crippen LogP contribution in [0.5, 0.6) is 0 Å². The molecule has 0 amide bonds. The van der Waals surface area contributed by atoms with Crippen LogP contribution in [0.15, 0.2) is 42.5 Å². The number of hydrogen-bond donors (Lipinski definition) is 0.